The number of carbonyl (C=O) groups is 1. The van der Waals surface area contributed by atoms with Crippen LogP contribution in [-0.4, -0.2) is 31.7 Å². The molecule has 1 spiro atoms. The van der Waals surface area contributed by atoms with Crippen molar-refractivity contribution in [2.24, 2.45) is 5.41 Å². The fourth-order valence-corrected chi connectivity index (χ4v) is 5.20. The topological polar surface area (TPSA) is 76.5 Å². The molecule has 2 aromatic carbocycles. The van der Waals surface area contributed by atoms with Crippen LogP contribution in [0.3, 0.4) is 0 Å². The number of rotatable bonds is 2. The van der Waals surface area contributed by atoms with E-state index in [0.717, 1.165) is 31.4 Å². The molecule has 180 valence electrons. The minimum atomic E-state index is -4.44. The fraction of sp³-hybridized carbons (Fsp3) is 0.320. The number of anilines is 1. The number of nitrogens with zero attached hydrogens (tertiary/aromatic N) is 4. The number of alkyl halides is 3. The molecule has 2 aliphatic rings. The summed E-state index contributed by atoms with van der Waals surface area (Å²) >= 11 is 0. The molecular formula is C25H21F4N5O. The average Bonchev–Trinajstić information content (AvgIpc) is 3.37. The minimum absolute atomic E-state index is 0.0129. The third-order valence-corrected chi connectivity index (χ3v) is 7.37. The monoisotopic (exact) mass is 483 g/mol. The highest BCUT2D eigenvalue weighted by atomic mass is 19.4. The van der Waals surface area contributed by atoms with Crippen LogP contribution in [0.2, 0.25) is 0 Å². The summed E-state index contributed by atoms with van der Waals surface area (Å²) in [5, 5.41) is 0. The maximum absolute atomic E-state index is 15.2. The minimum Gasteiger partial charge on any atom is -0.382 e. The molecular weight excluding hydrogens is 462 g/mol. The van der Waals surface area contributed by atoms with Gasteiger partial charge in [-0.3, -0.25) is 9.20 Å². The van der Waals surface area contributed by atoms with Crippen molar-refractivity contribution >= 4 is 28.3 Å². The molecule has 1 aliphatic carbocycles. The van der Waals surface area contributed by atoms with Crippen molar-refractivity contribution in [1.29, 1.82) is 0 Å². The molecule has 10 heteroatoms. The second-order valence-corrected chi connectivity index (χ2v) is 9.57. The Hall–Kier alpha value is -3.69. The Morgan fingerprint density at radius 1 is 1.09 bits per heavy atom. The van der Waals surface area contributed by atoms with Crippen LogP contribution < -0.4 is 5.73 Å². The lowest BCUT2D eigenvalue weighted by molar-refractivity contribution is -0.137. The molecule has 0 unspecified atom stereocenters. The summed E-state index contributed by atoms with van der Waals surface area (Å²) in [7, 11) is 0. The molecule has 6 nitrogen and oxygen atoms in total. The molecule has 2 N–H and O–H groups in total. The predicted molar refractivity (Wildman–Crippen MR) is 121 cm³/mol. The van der Waals surface area contributed by atoms with E-state index in [1.165, 1.54) is 36.8 Å². The van der Waals surface area contributed by atoms with Gasteiger partial charge in [-0.1, -0.05) is 12.1 Å². The number of carbonyl (C=O) groups excluding carboxylic acids is 1. The zero-order chi connectivity index (χ0) is 24.5. The first-order chi connectivity index (χ1) is 16.7. The quantitative estimate of drug-likeness (QED) is 0.389. The Bertz CT molecular complexity index is 1470. The number of nitrogen functional groups attached to an aromatic ring is 1. The van der Waals surface area contributed by atoms with E-state index in [0.29, 0.717) is 35.1 Å². The number of hydrogen-bond donors (Lipinski definition) is 1. The van der Waals surface area contributed by atoms with E-state index in [4.69, 9.17) is 5.73 Å². The maximum Gasteiger partial charge on any atom is 0.416 e. The molecule has 2 aromatic heterocycles. The summed E-state index contributed by atoms with van der Waals surface area (Å²) in [5.41, 5.74) is 7.02. The second-order valence-electron chi connectivity index (χ2n) is 9.57. The van der Waals surface area contributed by atoms with Crippen molar-refractivity contribution in [3.63, 3.8) is 0 Å². The molecule has 0 radical (unpaired) electrons. The lowest BCUT2D eigenvalue weighted by Crippen LogP contribution is -2.43. The van der Waals surface area contributed by atoms with Gasteiger partial charge in [0.15, 0.2) is 0 Å². The number of nitrogens with two attached hydrogens (primary N) is 1. The molecule has 1 atom stereocenters. The van der Waals surface area contributed by atoms with Crippen molar-refractivity contribution in [3.05, 3.63) is 71.4 Å². The molecule has 0 bridgehead atoms. The summed E-state index contributed by atoms with van der Waals surface area (Å²) in [4.78, 5) is 23.7. The van der Waals surface area contributed by atoms with E-state index < -0.39 is 29.5 Å². The van der Waals surface area contributed by atoms with Gasteiger partial charge in [-0.25, -0.2) is 14.4 Å². The molecule has 6 rings (SSSR count). The van der Waals surface area contributed by atoms with Crippen LogP contribution in [0.15, 0.2) is 48.9 Å². The maximum atomic E-state index is 15.2. The van der Waals surface area contributed by atoms with Crippen molar-refractivity contribution in [2.45, 2.75) is 37.9 Å². The fourth-order valence-electron chi connectivity index (χ4n) is 5.20. The number of likely N-dealkylation sites (tertiary alicyclic amines) is 1. The van der Waals surface area contributed by atoms with Crippen molar-refractivity contribution in [3.8, 4) is 0 Å². The zero-order valence-corrected chi connectivity index (χ0v) is 18.5. The van der Waals surface area contributed by atoms with E-state index in [1.807, 2.05) is 0 Å². The van der Waals surface area contributed by atoms with Crippen molar-refractivity contribution in [2.75, 3.05) is 12.3 Å². The van der Waals surface area contributed by atoms with Gasteiger partial charge in [-0.2, -0.15) is 13.2 Å². The van der Waals surface area contributed by atoms with E-state index in [1.54, 1.807) is 9.30 Å². The number of benzene rings is 2. The van der Waals surface area contributed by atoms with Crippen molar-refractivity contribution in [1.82, 2.24) is 19.3 Å². The molecule has 1 saturated carbocycles. The third kappa shape index (κ3) is 3.59. The Morgan fingerprint density at radius 2 is 1.83 bits per heavy atom. The summed E-state index contributed by atoms with van der Waals surface area (Å²) in [6.45, 7) is 0.440. The second kappa shape index (κ2) is 7.40. The van der Waals surface area contributed by atoms with Crippen LogP contribution >= 0.6 is 0 Å². The summed E-state index contributed by atoms with van der Waals surface area (Å²) in [6.07, 6.45) is 2.06. The summed E-state index contributed by atoms with van der Waals surface area (Å²) in [6, 6.07) is 7.08. The highest BCUT2D eigenvalue weighted by Crippen LogP contribution is 2.55. The SMILES string of the molecule is Nc1nc2cc(F)c(C(=O)N3CC4(CC[C@H]3c3ccc(C(F)(F)F)cc3)CC4)cc2n2cncc12. The smallest absolute Gasteiger partial charge is 0.382 e. The van der Waals surface area contributed by atoms with Crippen LogP contribution in [0.1, 0.15) is 53.2 Å². The standard InChI is InChI=1S/C25H21F4N5O/c26-17-10-18-20(34-13-31-11-21(34)22(30)32-18)9-16(17)23(35)33-12-24(7-8-24)6-5-19(33)14-1-3-15(4-2-14)25(27,28)29/h1-4,9-11,13,19H,5-8,12H2,(H2,30,32)/t19-/m0/s1. The van der Waals surface area contributed by atoms with Crippen molar-refractivity contribution < 1.29 is 22.4 Å². The normalized spacial score (nSPS) is 19.5. The van der Waals surface area contributed by atoms with E-state index in [-0.39, 0.29) is 16.8 Å². The first-order valence-electron chi connectivity index (χ1n) is 11.3. The molecule has 1 amide bonds. The van der Waals surface area contributed by atoms with Gasteiger partial charge in [-0.15, -0.1) is 0 Å². The highest BCUT2D eigenvalue weighted by Gasteiger charge is 2.49. The number of halogens is 4. The summed E-state index contributed by atoms with van der Waals surface area (Å²) in [5.74, 6) is -1.02. The van der Waals surface area contributed by atoms with Gasteiger partial charge >= 0.3 is 6.18 Å². The lowest BCUT2D eigenvalue weighted by Gasteiger charge is -2.40. The number of hydrogen-bond acceptors (Lipinski definition) is 4. The molecule has 4 aromatic rings. The largest absolute Gasteiger partial charge is 0.416 e. The zero-order valence-electron chi connectivity index (χ0n) is 18.5. The lowest BCUT2D eigenvalue weighted by atomic mass is 9.86. The predicted octanol–water partition coefficient (Wildman–Crippen LogP) is 5.38. The molecule has 1 aliphatic heterocycles. The molecule has 1 saturated heterocycles. The van der Waals surface area contributed by atoms with Crippen LogP contribution in [-0.2, 0) is 6.18 Å². The number of piperidine rings is 1. The molecule has 35 heavy (non-hydrogen) atoms. The number of imidazole rings is 1. The third-order valence-electron chi connectivity index (χ3n) is 7.37. The molecule has 3 heterocycles. The van der Waals surface area contributed by atoms with E-state index in [9.17, 15) is 18.0 Å². The van der Waals surface area contributed by atoms with Gasteiger partial charge in [0.25, 0.3) is 5.91 Å². The van der Waals surface area contributed by atoms with Crippen LogP contribution in [0.5, 0.6) is 0 Å². The Morgan fingerprint density at radius 3 is 2.51 bits per heavy atom. The van der Waals surface area contributed by atoms with Crippen LogP contribution in [0.4, 0.5) is 23.4 Å². The average molecular weight is 483 g/mol. The number of fused-ring (bicyclic) bond motifs is 3. The molecule has 2 fully saturated rings. The Kier molecular flexibility index (Phi) is 4.61. The van der Waals surface area contributed by atoms with Crippen LogP contribution in [0.25, 0.3) is 16.6 Å². The van der Waals surface area contributed by atoms with E-state index >= 15 is 4.39 Å². The van der Waals surface area contributed by atoms with E-state index in [2.05, 4.69) is 9.97 Å². The highest BCUT2D eigenvalue weighted by molar-refractivity contribution is 5.99. The van der Waals surface area contributed by atoms with Gasteiger partial charge in [0.1, 0.15) is 17.2 Å². The number of aromatic nitrogens is 3. The number of amides is 1. The van der Waals surface area contributed by atoms with Gasteiger partial charge in [0.05, 0.1) is 40.7 Å². The van der Waals surface area contributed by atoms with Crippen LogP contribution in [0, 0.1) is 11.2 Å². The van der Waals surface area contributed by atoms with Gasteiger partial charge in [0, 0.05) is 12.6 Å². The first kappa shape index (κ1) is 21.8. The van der Waals surface area contributed by atoms with Gasteiger partial charge < -0.3 is 10.6 Å². The Labute approximate surface area is 197 Å². The van der Waals surface area contributed by atoms with Gasteiger partial charge in [0.2, 0.25) is 0 Å². The van der Waals surface area contributed by atoms with Gasteiger partial charge in [-0.05, 0) is 54.9 Å². The summed E-state index contributed by atoms with van der Waals surface area (Å²) < 4.78 is 56.1. The first-order valence-corrected chi connectivity index (χ1v) is 11.3. The Balaban J connectivity index is 1.42.